The van der Waals surface area contributed by atoms with Gasteiger partial charge < -0.3 is 33.8 Å². The van der Waals surface area contributed by atoms with E-state index < -0.39 is 97.5 Å². The topological polar surface area (TPSA) is 237 Å². The lowest BCUT2D eigenvalue weighted by Crippen LogP contribution is -2.30. The third-order valence-corrected chi connectivity index (χ3v) is 21.6. The van der Waals surface area contributed by atoms with Crippen molar-refractivity contribution in [3.8, 4) is 0 Å². The minimum absolute atomic E-state index is 0.108. The van der Waals surface area contributed by atoms with E-state index >= 15 is 0 Å². The van der Waals surface area contributed by atoms with Crippen LogP contribution in [0.4, 0.5) is 0 Å². The summed E-state index contributed by atoms with van der Waals surface area (Å²) in [4.78, 5) is 73.1. The third-order valence-electron chi connectivity index (χ3n) is 19.7. The number of rotatable bonds is 83. The van der Waals surface area contributed by atoms with Crippen LogP contribution in [0, 0.1) is 11.8 Å². The molecule has 0 aliphatic carbocycles. The SMILES string of the molecule is CCCCCCCCCCCCCCCCCCCCCC(=O)O[C@H](COC(=O)CCCCCCCCCCCCCCCCCC(C)C)COP(=O)(O)OC[C@@H](O)COP(=O)(O)OC[C@@H](COC(=O)CCCCCCCCCC(C)C)OC(=O)CCCCCCCCCCCCCCCCCC. The molecule has 19 heteroatoms. The number of aliphatic hydroxyl groups is 1. The van der Waals surface area contributed by atoms with E-state index in [9.17, 15) is 43.2 Å². The fourth-order valence-electron chi connectivity index (χ4n) is 13.1. The number of unbranched alkanes of at least 4 members (excludes halogenated alkanes) is 53. The van der Waals surface area contributed by atoms with Crippen LogP contribution in [0.1, 0.15) is 446 Å². The maximum atomic E-state index is 13.1. The molecule has 0 rings (SSSR count). The highest BCUT2D eigenvalue weighted by Crippen LogP contribution is 2.45. The number of hydrogen-bond donors (Lipinski definition) is 3. The van der Waals surface area contributed by atoms with E-state index in [1.54, 1.807) is 0 Å². The fraction of sp³-hybridized carbons (Fsp3) is 0.952. The molecule has 0 heterocycles. The minimum atomic E-state index is -4.96. The van der Waals surface area contributed by atoms with Crippen molar-refractivity contribution in [2.45, 2.75) is 464 Å². The van der Waals surface area contributed by atoms with E-state index in [1.165, 1.54) is 257 Å². The molecule has 0 aromatic carbocycles. The van der Waals surface area contributed by atoms with Crippen molar-refractivity contribution < 1.29 is 80.2 Å². The van der Waals surface area contributed by atoms with Gasteiger partial charge in [-0.25, -0.2) is 9.13 Å². The van der Waals surface area contributed by atoms with E-state index in [-0.39, 0.29) is 25.7 Å². The van der Waals surface area contributed by atoms with Crippen molar-refractivity contribution in [2.75, 3.05) is 39.6 Å². The van der Waals surface area contributed by atoms with Gasteiger partial charge >= 0.3 is 39.5 Å². The van der Waals surface area contributed by atoms with Crippen LogP contribution in [0.25, 0.3) is 0 Å². The average Bonchev–Trinajstić information content (AvgIpc) is 0.929. The van der Waals surface area contributed by atoms with Crippen LogP contribution in [-0.4, -0.2) is 96.7 Å². The molecule has 612 valence electrons. The molecular weight excluding hydrogens is 1340 g/mol. The molecule has 17 nitrogen and oxygen atoms in total. The van der Waals surface area contributed by atoms with Crippen molar-refractivity contribution >= 4 is 39.5 Å². The smallest absolute Gasteiger partial charge is 0.462 e. The molecular formula is C84H164O17P2. The second-order valence-electron chi connectivity index (χ2n) is 31.2. The molecule has 0 fully saturated rings. The number of carbonyl (C=O) groups is 4. The molecule has 0 aliphatic heterocycles. The Hall–Kier alpha value is -1.94. The first-order valence-corrected chi connectivity index (χ1v) is 46.5. The van der Waals surface area contributed by atoms with E-state index in [0.29, 0.717) is 31.6 Å². The molecule has 0 aromatic heterocycles. The maximum absolute atomic E-state index is 13.1. The predicted molar refractivity (Wildman–Crippen MR) is 423 cm³/mol. The summed E-state index contributed by atoms with van der Waals surface area (Å²) < 4.78 is 68.8. The first kappa shape index (κ1) is 101. The molecule has 0 amide bonds. The number of carbonyl (C=O) groups excluding carboxylic acids is 4. The van der Waals surface area contributed by atoms with Crippen molar-refractivity contribution in [2.24, 2.45) is 11.8 Å². The molecule has 3 N–H and O–H groups in total. The zero-order chi connectivity index (χ0) is 75.6. The monoisotopic (exact) mass is 1510 g/mol. The number of ether oxygens (including phenoxy) is 4. The van der Waals surface area contributed by atoms with Crippen LogP contribution in [-0.2, 0) is 65.4 Å². The summed E-state index contributed by atoms with van der Waals surface area (Å²) >= 11 is 0. The molecule has 0 spiro atoms. The van der Waals surface area contributed by atoms with Crippen molar-refractivity contribution in [1.82, 2.24) is 0 Å². The molecule has 103 heavy (non-hydrogen) atoms. The van der Waals surface area contributed by atoms with Gasteiger partial charge in [0.1, 0.15) is 19.3 Å². The molecule has 0 saturated heterocycles. The van der Waals surface area contributed by atoms with Crippen molar-refractivity contribution in [1.29, 1.82) is 0 Å². The maximum Gasteiger partial charge on any atom is 0.472 e. The largest absolute Gasteiger partial charge is 0.472 e. The molecule has 0 radical (unpaired) electrons. The lowest BCUT2D eigenvalue weighted by Gasteiger charge is -2.21. The normalized spacial score (nSPS) is 13.9. The van der Waals surface area contributed by atoms with Gasteiger partial charge in [-0.1, -0.05) is 395 Å². The number of phosphoric ester groups is 2. The predicted octanol–water partition coefficient (Wildman–Crippen LogP) is 25.5. The summed E-state index contributed by atoms with van der Waals surface area (Å²) in [5.74, 6) is -0.593. The Balaban J connectivity index is 5.23. The van der Waals surface area contributed by atoms with Gasteiger partial charge in [0.2, 0.25) is 0 Å². The molecule has 0 bridgehead atoms. The number of aliphatic hydroxyl groups excluding tert-OH is 1. The Morgan fingerprint density at radius 1 is 0.262 bits per heavy atom. The highest BCUT2D eigenvalue weighted by molar-refractivity contribution is 7.47. The number of esters is 4. The standard InChI is InChI=1S/C84H164O17P2/c1-7-9-11-13-15-17-19-21-23-25-26-27-31-36-40-44-50-57-63-68-83(88)100-79(72-94-81(86)66-60-54-48-42-38-34-32-28-29-33-37-41-46-52-58-64-76(3)4)74-98-102(90,91)96-70-78(85)71-97-103(92,93)99-75-80(73-95-82(87)67-61-55-51-45-47-53-59-65-77(5)6)101-84(89)69-62-56-49-43-39-35-30-24-22-20-18-16-14-12-10-8-2/h76-80,85H,7-75H2,1-6H3,(H,90,91)(H,92,93)/t78-,79-,80-/m1/s1. The molecule has 0 saturated carbocycles. The van der Waals surface area contributed by atoms with Gasteiger partial charge in [0, 0.05) is 25.7 Å². The van der Waals surface area contributed by atoms with E-state index in [0.717, 1.165) is 102 Å². The van der Waals surface area contributed by atoms with E-state index in [1.807, 2.05) is 0 Å². The summed E-state index contributed by atoms with van der Waals surface area (Å²) in [5, 5.41) is 10.7. The summed E-state index contributed by atoms with van der Waals surface area (Å²) in [5.41, 5.74) is 0. The van der Waals surface area contributed by atoms with E-state index in [2.05, 4.69) is 41.5 Å². The van der Waals surface area contributed by atoms with Crippen LogP contribution in [0.3, 0.4) is 0 Å². The van der Waals surface area contributed by atoms with Gasteiger partial charge in [-0.3, -0.25) is 37.3 Å². The van der Waals surface area contributed by atoms with E-state index in [4.69, 9.17) is 37.0 Å². The molecule has 0 aliphatic rings. The summed E-state index contributed by atoms with van der Waals surface area (Å²) in [6.07, 6.45) is 66.7. The van der Waals surface area contributed by atoms with Gasteiger partial charge in [-0.2, -0.15) is 0 Å². The fourth-order valence-corrected chi connectivity index (χ4v) is 14.6. The lowest BCUT2D eigenvalue weighted by molar-refractivity contribution is -0.161. The van der Waals surface area contributed by atoms with Crippen molar-refractivity contribution in [3.63, 3.8) is 0 Å². The van der Waals surface area contributed by atoms with Crippen molar-refractivity contribution in [3.05, 3.63) is 0 Å². The zero-order valence-corrected chi connectivity index (χ0v) is 69.4. The van der Waals surface area contributed by atoms with Gasteiger partial charge in [0.15, 0.2) is 12.2 Å². The first-order valence-electron chi connectivity index (χ1n) is 43.5. The second-order valence-corrected chi connectivity index (χ2v) is 34.1. The quantitative estimate of drug-likeness (QED) is 0.0222. The molecule has 2 unspecified atom stereocenters. The number of phosphoric acid groups is 2. The van der Waals surface area contributed by atoms with Gasteiger partial charge in [-0.15, -0.1) is 0 Å². The average molecular weight is 1510 g/mol. The third kappa shape index (κ3) is 78.0. The Bertz CT molecular complexity index is 1980. The summed E-state index contributed by atoms with van der Waals surface area (Å²) in [6.45, 7) is 9.63. The highest BCUT2D eigenvalue weighted by atomic mass is 31.2. The van der Waals surface area contributed by atoms with Crippen LogP contribution >= 0.6 is 15.6 Å². The van der Waals surface area contributed by atoms with Gasteiger partial charge in [0.05, 0.1) is 26.4 Å². The van der Waals surface area contributed by atoms with Gasteiger partial charge in [-0.05, 0) is 37.5 Å². The Morgan fingerprint density at radius 2 is 0.447 bits per heavy atom. The lowest BCUT2D eigenvalue weighted by atomic mass is 10.0. The van der Waals surface area contributed by atoms with Gasteiger partial charge in [0.25, 0.3) is 0 Å². The van der Waals surface area contributed by atoms with Crippen LogP contribution in [0.2, 0.25) is 0 Å². The molecule has 0 aromatic rings. The highest BCUT2D eigenvalue weighted by Gasteiger charge is 2.30. The van der Waals surface area contributed by atoms with Crippen LogP contribution in [0.5, 0.6) is 0 Å². The number of hydrogen-bond acceptors (Lipinski definition) is 15. The summed E-state index contributed by atoms with van der Waals surface area (Å²) in [6, 6.07) is 0. The Morgan fingerprint density at radius 3 is 0.660 bits per heavy atom. The Kier molecular flexibility index (Phi) is 74.1. The Labute approximate surface area is 632 Å². The summed E-state index contributed by atoms with van der Waals surface area (Å²) in [7, 11) is -9.92. The van der Waals surface area contributed by atoms with Crippen LogP contribution in [0.15, 0.2) is 0 Å². The minimum Gasteiger partial charge on any atom is -0.462 e. The second kappa shape index (κ2) is 75.5. The first-order chi connectivity index (χ1) is 49.9. The molecule has 5 atom stereocenters. The zero-order valence-electron chi connectivity index (χ0n) is 67.6. The van der Waals surface area contributed by atoms with Crippen LogP contribution < -0.4 is 0 Å².